The maximum absolute atomic E-state index is 4.97. The third-order valence-electron chi connectivity index (χ3n) is 3.18. The molecule has 0 aliphatic carbocycles. The van der Waals surface area contributed by atoms with Crippen LogP contribution in [0.4, 0.5) is 0 Å². The number of aryl methyl sites for hydroxylation is 1. The molecule has 25 heavy (non-hydrogen) atoms. The number of rotatable bonds is 7. The Hall–Kier alpha value is -1.54. The van der Waals surface area contributed by atoms with E-state index in [1.807, 2.05) is 18.7 Å². The van der Waals surface area contributed by atoms with Gasteiger partial charge in [0.1, 0.15) is 6.54 Å². The van der Waals surface area contributed by atoms with Crippen LogP contribution in [-0.2, 0) is 6.54 Å². The maximum Gasteiger partial charge on any atom is 0.223 e. The number of nitrogens with zero attached hydrogens (tertiary/aromatic N) is 3. The quantitative estimate of drug-likeness (QED) is 0.399. The molecule has 2 rings (SSSR count). The summed E-state index contributed by atoms with van der Waals surface area (Å²) >= 11 is 5.29. The van der Waals surface area contributed by atoms with Crippen molar-refractivity contribution in [2.24, 2.45) is 4.99 Å². The van der Waals surface area contributed by atoms with Gasteiger partial charge in [-0.1, -0.05) is 21.1 Å². The number of benzene rings is 1. The third-order valence-corrected chi connectivity index (χ3v) is 4.92. The van der Waals surface area contributed by atoms with E-state index < -0.39 is 0 Å². The summed E-state index contributed by atoms with van der Waals surface area (Å²) < 4.78 is 6.06. The highest BCUT2D eigenvalue weighted by Gasteiger charge is 2.20. The average Bonchev–Trinajstić information content (AvgIpc) is 2.98. The van der Waals surface area contributed by atoms with Gasteiger partial charge in [0.25, 0.3) is 0 Å². The van der Waals surface area contributed by atoms with E-state index in [9.17, 15) is 0 Å². The van der Waals surface area contributed by atoms with Gasteiger partial charge in [0.2, 0.25) is 5.89 Å². The van der Waals surface area contributed by atoms with Crippen molar-refractivity contribution in [2.45, 2.75) is 43.9 Å². The zero-order valence-electron chi connectivity index (χ0n) is 15.0. The molecular formula is C17H24BrN5OS. The molecule has 0 saturated heterocycles. The van der Waals surface area contributed by atoms with Crippen LogP contribution in [0, 0.1) is 6.92 Å². The van der Waals surface area contributed by atoms with Gasteiger partial charge in [-0.05, 0) is 45.0 Å². The van der Waals surface area contributed by atoms with E-state index in [4.69, 9.17) is 4.52 Å². The molecule has 0 aliphatic rings. The Balaban J connectivity index is 1.92. The molecule has 1 heterocycles. The lowest BCUT2D eigenvalue weighted by Gasteiger charge is -2.25. The van der Waals surface area contributed by atoms with E-state index in [-0.39, 0.29) is 4.75 Å². The number of hydrogen-bond donors (Lipinski definition) is 2. The highest BCUT2D eigenvalue weighted by atomic mass is 79.9. The van der Waals surface area contributed by atoms with Crippen molar-refractivity contribution in [1.29, 1.82) is 0 Å². The zero-order valence-corrected chi connectivity index (χ0v) is 17.4. The van der Waals surface area contributed by atoms with Crippen molar-refractivity contribution >= 4 is 33.7 Å². The topological polar surface area (TPSA) is 75.3 Å². The predicted octanol–water partition coefficient (Wildman–Crippen LogP) is 3.77. The van der Waals surface area contributed by atoms with E-state index in [0.29, 0.717) is 18.3 Å². The Bertz CT molecular complexity index is 699. The second-order valence-corrected chi connectivity index (χ2v) is 8.79. The number of nitrogens with one attached hydrogen (secondary N) is 2. The smallest absolute Gasteiger partial charge is 0.223 e. The second kappa shape index (κ2) is 9.24. The molecule has 0 fully saturated rings. The van der Waals surface area contributed by atoms with Gasteiger partial charge in [-0.2, -0.15) is 4.98 Å². The van der Waals surface area contributed by atoms with Gasteiger partial charge in [-0.15, -0.1) is 11.8 Å². The van der Waals surface area contributed by atoms with Crippen molar-refractivity contribution < 1.29 is 4.52 Å². The molecule has 0 atom stereocenters. The fraction of sp³-hybridized carbons (Fsp3) is 0.471. The summed E-state index contributed by atoms with van der Waals surface area (Å²) in [6, 6.07) is 8.36. The Morgan fingerprint density at radius 1 is 1.28 bits per heavy atom. The molecule has 2 N–H and O–H groups in total. The first-order valence-corrected chi connectivity index (χ1v) is 9.75. The molecule has 1 aromatic heterocycles. The average molecular weight is 426 g/mol. The van der Waals surface area contributed by atoms with Crippen LogP contribution >= 0.6 is 27.7 Å². The van der Waals surface area contributed by atoms with Crippen molar-refractivity contribution in [1.82, 2.24) is 20.8 Å². The van der Waals surface area contributed by atoms with E-state index in [0.717, 1.165) is 23.5 Å². The molecule has 0 unspecified atom stereocenters. The molecule has 136 valence electrons. The van der Waals surface area contributed by atoms with Crippen LogP contribution in [0.2, 0.25) is 0 Å². The van der Waals surface area contributed by atoms with Crippen molar-refractivity contribution in [2.75, 3.05) is 13.1 Å². The van der Waals surface area contributed by atoms with E-state index in [1.54, 1.807) is 6.92 Å². The highest BCUT2D eigenvalue weighted by molar-refractivity contribution is 9.10. The fourth-order valence-electron chi connectivity index (χ4n) is 2.05. The minimum atomic E-state index is 0.00670. The van der Waals surface area contributed by atoms with Crippen LogP contribution in [0.5, 0.6) is 0 Å². The molecular weight excluding hydrogens is 402 g/mol. The van der Waals surface area contributed by atoms with Gasteiger partial charge in [-0.25, -0.2) is 4.99 Å². The molecule has 6 nitrogen and oxygen atoms in total. The van der Waals surface area contributed by atoms with Crippen LogP contribution in [0.1, 0.15) is 32.5 Å². The lowest BCUT2D eigenvalue weighted by Crippen LogP contribution is -2.43. The first kappa shape index (κ1) is 19.8. The summed E-state index contributed by atoms with van der Waals surface area (Å²) in [6.45, 7) is 10.2. The Kier molecular flexibility index (Phi) is 7.31. The molecule has 1 aromatic carbocycles. The molecule has 8 heteroatoms. The van der Waals surface area contributed by atoms with E-state index in [2.05, 4.69) is 79.8 Å². The zero-order chi connectivity index (χ0) is 18.3. The number of guanidine groups is 1. The Morgan fingerprint density at radius 3 is 2.60 bits per heavy atom. The third kappa shape index (κ3) is 7.07. The number of thioether (sulfide) groups is 1. The number of aliphatic imine (C=N–C) groups is 1. The maximum atomic E-state index is 4.97. The van der Waals surface area contributed by atoms with E-state index >= 15 is 0 Å². The predicted molar refractivity (Wildman–Crippen MR) is 106 cm³/mol. The standard InChI is InChI=1S/C17H24BrN5OS/c1-5-19-16(20-10-15-22-12(2)24-23-15)21-11-17(3,4)25-14-8-6-13(18)7-9-14/h6-9H,5,10-11H2,1-4H3,(H2,19,20,21). The molecule has 2 aromatic rings. The highest BCUT2D eigenvalue weighted by Crippen LogP contribution is 2.32. The summed E-state index contributed by atoms with van der Waals surface area (Å²) in [5.74, 6) is 1.88. The molecule has 0 radical (unpaired) electrons. The van der Waals surface area contributed by atoms with Crippen LogP contribution in [0.15, 0.2) is 43.1 Å². The van der Waals surface area contributed by atoms with Gasteiger partial charge in [0.05, 0.1) is 0 Å². The minimum absolute atomic E-state index is 0.00670. The summed E-state index contributed by atoms with van der Waals surface area (Å²) in [6.07, 6.45) is 0. The van der Waals surface area contributed by atoms with Gasteiger partial charge >= 0.3 is 0 Å². The van der Waals surface area contributed by atoms with Gasteiger partial charge in [0, 0.05) is 34.1 Å². The molecule has 0 bridgehead atoms. The first-order chi connectivity index (χ1) is 11.9. The lowest BCUT2D eigenvalue weighted by atomic mass is 10.2. The Labute approximate surface area is 161 Å². The van der Waals surface area contributed by atoms with Gasteiger partial charge in [-0.3, -0.25) is 0 Å². The molecule has 0 aliphatic heterocycles. The van der Waals surface area contributed by atoms with Gasteiger partial charge < -0.3 is 15.2 Å². The summed E-state index contributed by atoms with van der Waals surface area (Å²) in [7, 11) is 0. The normalized spacial score (nSPS) is 12.3. The number of hydrogen-bond acceptors (Lipinski definition) is 5. The minimum Gasteiger partial charge on any atom is -0.357 e. The summed E-state index contributed by atoms with van der Waals surface area (Å²) in [5.41, 5.74) is 0. The molecule has 0 spiro atoms. The van der Waals surface area contributed by atoms with Crippen LogP contribution in [-0.4, -0.2) is 33.9 Å². The summed E-state index contributed by atoms with van der Waals surface area (Å²) in [4.78, 5) is 9.91. The largest absolute Gasteiger partial charge is 0.357 e. The monoisotopic (exact) mass is 425 g/mol. The second-order valence-electron chi connectivity index (χ2n) is 6.09. The van der Waals surface area contributed by atoms with Crippen LogP contribution in [0.25, 0.3) is 0 Å². The SMILES string of the molecule is CCNC(=NCc1noc(C)n1)NCC(C)(C)Sc1ccc(Br)cc1. The fourth-order valence-corrected chi connectivity index (χ4v) is 3.37. The number of aromatic nitrogens is 2. The lowest BCUT2D eigenvalue weighted by molar-refractivity contribution is 0.387. The van der Waals surface area contributed by atoms with Crippen LogP contribution in [0.3, 0.4) is 0 Å². The Morgan fingerprint density at radius 2 is 2.00 bits per heavy atom. The molecule has 0 saturated carbocycles. The van der Waals surface area contributed by atoms with E-state index in [1.165, 1.54) is 4.90 Å². The first-order valence-electron chi connectivity index (χ1n) is 8.14. The van der Waals surface area contributed by atoms with Crippen LogP contribution < -0.4 is 10.6 Å². The number of halogens is 1. The molecule has 0 amide bonds. The van der Waals surface area contributed by atoms with Crippen molar-refractivity contribution in [3.63, 3.8) is 0 Å². The summed E-state index contributed by atoms with van der Waals surface area (Å²) in [5, 5.41) is 10.5. The van der Waals surface area contributed by atoms with Crippen molar-refractivity contribution in [3.05, 3.63) is 40.5 Å². The van der Waals surface area contributed by atoms with Crippen molar-refractivity contribution in [3.8, 4) is 0 Å². The van der Waals surface area contributed by atoms with Gasteiger partial charge in [0.15, 0.2) is 11.8 Å².